The van der Waals surface area contributed by atoms with Crippen LogP contribution < -0.4 is 5.32 Å². The highest BCUT2D eigenvalue weighted by Crippen LogP contribution is 2.20. The molecule has 104 valence electrons. The SMILES string of the molecule is CC1CC(C)CN(C(=O)NCC(C)(O)C(=O)O)C1. The number of aliphatic carboxylic acids is 1. The molecule has 0 aliphatic carbocycles. The topological polar surface area (TPSA) is 89.9 Å². The second-order valence-electron chi connectivity index (χ2n) is 5.59. The molecule has 1 saturated heterocycles. The van der Waals surface area contributed by atoms with Crippen LogP contribution >= 0.6 is 0 Å². The lowest BCUT2D eigenvalue weighted by atomic mass is 9.92. The van der Waals surface area contributed by atoms with Crippen LogP contribution in [0.5, 0.6) is 0 Å². The second-order valence-corrected chi connectivity index (χ2v) is 5.59. The molecule has 3 unspecified atom stereocenters. The van der Waals surface area contributed by atoms with Crippen LogP contribution in [0.4, 0.5) is 4.79 Å². The molecule has 1 aliphatic heterocycles. The Hall–Kier alpha value is -1.30. The number of nitrogens with one attached hydrogen (secondary N) is 1. The van der Waals surface area contributed by atoms with E-state index in [9.17, 15) is 14.7 Å². The van der Waals surface area contributed by atoms with Crippen molar-refractivity contribution >= 4 is 12.0 Å². The maximum absolute atomic E-state index is 11.9. The molecule has 2 amide bonds. The van der Waals surface area contributed by atoms with E-state index in [4.69, 9.17) is 5.11 Å². The summed E-state index contributed by atoms with van der Waals surface area (Å²) in [7, 11) is 0. The Kier molecular flexibility index (Phi) is 4.56. The van der Waals surface area contributed by atoms with E-state index in [1.807, 2.05) is 0 Å². The third-order valence-corrected chi connectivity index (χ3v) is 3.20. The van der Waals surface area contributed by atoms with E-state index in [1.54, 1.807) is 4.90 Å². The number of nitrogens with zero attached hydrogens (tertiary/aromatic N) is 1. The van der Waals surface area contributed by atoms with Crippen LogP contribution in [0.25, 0.3) is 0 Å². The third-order valence-electron chi connectivity index (χ3n) is 3.20. The monoisotopic (exact) mass is 258 g/mol. The summed E-state index contributed by atoms with van der Waals surface area (Å²) in [4.78, 5) is 24.2. The zero-order valence-electron chi connectivity index (χ0n) is 11.1. The zero-order chi connectivity index (χ0) is 13.9. The number of hydrogen-bond donors (Lipinski definition) is 3. The molecule has 1 fully saturated rings. The fourth-order valence-corrected chi connectivity index (χ4v) is 2.26. The highest BCUT2D eigenvalue weighted by molar-refractivity contribution is 5.79. The Morgan fingerprint density at radius 3 is 2.28 bits per heavy atom. The predicted molar refractivity (Wildman–Crippen MR) is 66.2 cm³/mol. The Bertz CT molecular complexity index is 320. The Morgan fingerprint density at radius 2 is 1.83 bits per heavy atom. The molecular formula is C12H22N2O4. The molecule has 0 aromatic heterocycles. The summed E-state index contributed by atoms with van der Waals surface area (Å²) >= 11 is 0. The maximum Gasteiger partial charge on any atom is 0.337 e. The molecule has 6 heteroatoms. The molecule has 0 radical (unpaired) electrons. The fourth-order valence-electron chi connectivity index (χ4n) is 2.26. The van der Waals surface area contributed by atoms with Crippen molar-refractivity contribution in [2.45, 2.75) is 32.8 Å². The summed E-state index contributed by atoms with van der Waals surface area (Å²) in [6.45, 7) is 6.39. The van der Waals surface area contributed by atoms with E-state index in [0.717, 1.165) is 13.3 Å². The first kappa shape index (κ1) is 14.8. The highest BCUT2D eigenvalue weighted by atomic mass is 16.4. The summed E-state index contributed by atoms with van der Waals surface area (Å²) in [6, 6.07) is -0.310. The van der Waals surface area contributed by atoms with Crippen molar-refractivity contribution in [3.63, 3.8) is 0 Å². The van der Waals surface area contributed by atoms with Crippen LogP contribution in [-0.4, -0.2) is 52.3 Å². The van der Waals surface area contributed by atoms with Crippen molar-refractivity contribution in [1.82, 2.24) is 10.2 Å². The van der Waals surface area contributed by atoms with Crippen molar-refractivity contribution in [3.8, 4) is 0 Å². The first-order valence-corrected chi connectivity index (χ1v) is 6.21. The van der Waals surface area contributed by atoms with Gasteiger partial charge in [-0.05, 0) is 25.2 Å². The van der Waals surface area contributed by atoms with Crippen LogP contribution in [0.3, 0.4) is 0 Å². The maximum atomic E-state index is 11.9. The van der Waals surface area contributed by atoms with Gasteiger partial charge in [0.15, 0.2) is 5.60 Å². The van der Waals surface area contributed by atoms with Crippen LogP contribution in [0.1, 0.15) is 27.2 Å². The molecule has 18 heavy (non-hydrogen) atoms. The lowest BCUT2D eigenvalue weighted by Crippen LogP contribution is -2.52. The van der Waals surface area contributed by atoms with E-state index in [1.165, 1.54) is 0 Å². The predicted octanol–water partition coefficient (Wildman–Crippen LogP) is 0.509. The van der Waals surface area contributed by atoms with Gasteiger partial charge in [0, 0.05) is 13.1 Å². The number of rotatable bonds is 3. The molecule has 0 saturated carbocycles. The van der Waals surface area contributed by atoms with Gasteiger partial charge in [0.05, 0.1) is 6.54 Å². The van der Waals surface area contributed by atoms with Crippen molar-refractivity contribution in [1.29, 1.82) is 0 Å². The van der Waals surface area contributed by atoms with Crippen LogP contribution in [-0.2, 0) is 4.79 Å². The number of amides is 2. The molecule has 3 atom stereocenters. The van der Waals surface area contributed by atoms with Gasteiger partial charge in [-0.2, -0.15) is 0 Å². The number of urea groups is 1. The van der Waals surface area contributed by atoms with Gasteiger partial charge in [-0.3, -0.25) is 0 Å². The van der Waals surface area contributed by atoms with E-state index >= 15 is 0 Å². The summed E-state index contributed by atoms with van der Waals surface area (Å²) in [5.41, 5.74) is -1.93. The molecule has 0 bridgehead atoms. The van der Waals surface area contributed by atoms with E-state index in [0.29, 0.717) is 24.9 Å². The van der Waals surface area contributed by atoms with Gasteiger partial charge in [0.2, 0.25) is 0 Å². The highest BCUT2D eigenvalue weighted by Gasteiger charge is 2.32. The first-order chi connectivity index (χ1) is 8.22. The van der Waals surface area contributed by atoms with Crippen molar-refractivity contribution in [2.75, 3.05) is 19.6 Å². The van der Waals surface area contributed by atoms with E-state index < -0.39 is 11.6 Å². The molecule has 0 aromatic carbocycles. The molecule has 1 heterocycles. The van der Waals surface area contributed by atoms with E-state index in [-0.39, 0.29) is 12.6 Å². The molecule has 0 spiro atoms. The van der Waals surface area contributed by atoms with Gasteiger partial charge < -0.3 is 20.4 Å². The minimum Gasteiger partial charge on any atom is -0.479 e. The Morgan fingerprint density at radius 1 is 1.33 bits per heavy atom. The standard InChI is InChI=1S/C12H22N2O4/c1-8-4-9(2)6-14(5-8)11(17)13-7-12(3,18)10(15)16/h8-9,18H,4-7H2,1-3H3,(H,13,17)(H,15,16). The number of likely N-dealkylation sites (tertiary alicyclic amines) is 1. The lowest BCUT2D eigenvalue weighted by Gasteiger charge is -2.35. The summed E-state index contributed by atoms with van der Waals surface area (Å²) < 4.78 is 0. The number of carbonyl (C=O) groups excluding carboxylic acids is 1. The van der Waals surface area contributed by atoms with Crippen molar-refractivity contribution in [2.24, 2.45) is 11.8 Å². The number of aliphatic hydroxyl groups is 1. The lowest BCUT2D eigenvalue weighted by molar-refractivity contribution is -0.155. The fraction of sp³-hybridized carbons (Fsp3) is 0.833. The van der Waals surface area contributed by atoms with Gasteiger partial charge in [-0.15, -0.1) is 0 Å². The van der Waals surface area contributed by atoms with Crippen molar-refractivity contribution < 1.29 is 19.8 Å². The molecular weight excluding hydrogens is 236 g/mol. The molecule has 1 rings (SSSR count). The first-order valence-electron chi connectivity index (χ1n) is 6.21. The molecule has 1 aliphatic rings. The largest absolute Gasteiger partial charge is 0.479 e. The average molecular weight is 258 g/mol. The number of carboxylic acids is 1. The van der Waals surface area contributed by atoms with E-state index in [2.05, 4.69) is 19.2 Å². The molecule has 6 nitrogen and oxygen atoms in total. The minimum atomic E-state index is -1.93. The second kappa shape index (κ2) is 5.56. The Balaban J connectivity index is 2.48. The summed E-state index contributed by atoms with van der Waals surface area (Å²) in [5, 5.41) is 20.7. The van der Waals surface area contributed by atoms with Crippen LogP contribution in [0.2, 0.25) is 0 Å². The quantitative estimate of drug-likeness (QED) is 0.688. The zero-order valence-corrected chi connectivity index (χ0v) is 11.1. The summed E-state index contributed by atoms with van der Waals surface area (Å²) in [6.07, 6.45) is 1.09. The van der Waals surface area contributed by atoms with Gasteiger partial charge >= 0.3 is 12.0 Å². The smallest absolute Gasteiger partial charge is 0.337 e. The van der Waals surface area contributed by atoms with Gasteiger partial charge in [0.25, 0.3) is 0 Å². The Labute approximate surface area is 107 Å². The van der Waals surface area contributed by atoms with Gasteiger partial charge in [0.1, 0.15) is 0 Å². The summed E-state index contributed by atoms with van der Waals surface area (Å²) in [5.74, 6) is -0.456. The molecule has 0 aromatic rings. The van der Waals surface area contributed by atoms with Gasteiger partial charge in [-0.25, -0.2) is 9.59 Å². The number of carbonyl (C=O) groups is 2. The number of hydrogen-bond acceptors (Lipinski definition) is 3. The van der Waals surface area contributed by atoms with Crippen molar-refractivity contribution in [3.05, 3.63) is 0 Å². The number of piperidine rings is 1. The molecule has 3 N–H and O–H groups in total. The van der Waals surface area contributed by atoms with Gasteiger partial charge in [-0.1, -0.05) is 13.8 Å². The minimum absolute atomic E-state index is 0.291. The third kappa shape index (κ3) is 3.87. The average Bonchev–Trinajstić information content (AvgIpc) is 2.24. The van der Waals surface area contributed by atoms with Crippen LogP contribution in [0.15, 0.2) is 0 Å². The number of carboxylic acid groups (broad SMARTS) is 1. The van der Waals surface area contributed by atoms with Crippen LogP contribution in [0, 0.1) is 11.8 Å². The normalized spacial score (nSPS) is 27.4.